The molecule has 3 heterocycles. The summed E-state index contributed by atoms with van der Waals surface area (Å²) in [4.78, 5) is 21.0. The van der Waals surface area contributed by atoms with Gasteiger partial charge in [-0.3, -0.25) is 4.79 Å². The van der Waals surface area contributed by atoms with E-state index in [0.717, 1.165) is 23.2 Å². The average Bonchev–Trinajstić information content (AvgIpc) is 3.27. The predicted octanol–water partition coefficient (Wildman–Crippen LogP) is 3.67. The first-order valence-electron chi connectivity index (χ1n) is 9.61. The number of carbonyl (C=O) groups excluding carboxylic acids is 1. The summed E-state index contributed by atoms with van der Waals surface area (Å²) in [5.41, 5.74) is 4.80. The summed E-state index contributed by atoms with van der Waals surface area (Å²) in [7, 11) is 0. The van der Waals surface area contributed by atoms with E-state index in [-0.39, 0.29) is 5.91 Å². The first kappa shape index (κ1) is 18.8. The van der Waals surface area contributed by atoms with Crippen molar-refractivity contribution in [3.63, 3.8) is 0 Å². The van der Waals surface area contributed by atoms with Gasteiger partial charge in [0.05, 0.1) is 23.0 Å². The van der Waals surface area contributed by atoms with Crippen molar-refractivity contribution in [1.29, 1.82) is 0 Å². The van der Waals surface area contributed by atoms with Crippen LogP contribution in [0.1, 0.15) is 36.6 Å². The monoisotopic (exact) mass is 389 g/mol. The van der Waals surface area contributed by atoms with Crippen molar-refractivity contribution in [2.75, 3.05) is 5.32 Å². The molecule has 8 nitrogen and oxygen atoms in total. The van der Waals surface area contributed by atoms with Crippen LogP contribution in [0.2, 0.25) is 0 Å². The third kappa shape index (κ3) is 3.49. The SMILES string of the molecule is CCCC(=O)Nc1cc(C)nn1-c1ncnc2c1cnn2-c1ccc(C)c(C)c1. The molecule has 0 saturated heterocycles. The number of rotatable bonds is 5. The highest BCUT2D eigenvalue weighted by Gasteiger charge is 2.17. The van der Waals surface area contributed by atoms with E-state index >= 15 is 0 Å². The molecule has 0 saturated carbocycles. The number of aromatic nitrogens is 6. The maximum atomic E-state index is 12.1. The number of fused-ring (bicyclic) bond motifs is 1. The molecule has 1 aromatic carbocycles. The van der Waals surface area contributed by atoms with Gasteiger partial charge in [0.25, 0.3) is 0 Å². The Hall–Kier alpha value is -3.55. The smallest absolute Gasteiger partial charge is 0.225 e. The zero-order valence-corrected chi connectivity index (χ0v) is 17.0. The number of amides is 1. The Morgan fingerprint density at radius 1 is 1.07 bits per heavy atom. The van der Waals surface area contributed by atoms with Crippen molar-refractivity contribution < 1.29 is 4.79 Å². The quantitative estimate of drug-likeness (QED) is 0.562. The standard InChI is InChI=1S/C21H23N7O/c1-5-6-19(29)25-18-10-15(4)26-28(18)21-17-11-24-27(20(17)22-12-23-21)16-8-7-13(2)14(3)9-16/h7-12H,5-6H2,1-4H3,(H,25,29). The highest BCUT2D eigenvalue weighted by atomic mass is 16.1. The van der Waals surface area contributed by atoms with Crippen molar-refractivity contribution in [3.8, 4) is 11.5 Å². The van der Waals surface area contributed by atoms with Gasteiger partial charge in [-0.1, -0.05) is 13.0 Å². The molecule has 0 aliphatic rings. The Bertz CT molecular complexity index is 1210. The first-order chi connectivity index (χ1) is 14.0. The molecule has 1 amide bonds. The Kier molecular flexibility index (Phi) is 4.84. The predicted molar refractivity (Wildman–Crippen MR) is 112 cm³/mol. The van der Waals surface area contributed by atoms with Gasteiger partial charge in [0.15, 0.2) is 11.5 Å². The van der Waals surface area contributed by atoms with Crippen LogP contribution in [0.4, 0.5) is 5.82 Å². The highest BCUT2D eigenvalue weighted by Crippen LogP contribution is 2.25. The van der Waals surface area contributed by atoms with E-state index in [1.807, 2.05) is 26.0 Å². The van der Waals surface area contributed by atoms with Crippen LogP contribution in [-0.2, 0) is 4.79 Å². The lowest BCUT2D eigenvalue weighted by Crippen LogP contribution is -2.15. The molecule has 1 N–H and O–H groups in total. The summed E-state index contributed by atoms with van der Waals surface area (Å²) in [5, 5.41) is 12.7. The third-order valence-corrected chi connectivity index (χ3v) is 4.86. The Morgan fingerprint density at radius 3 is 2.66 bits per heavy atom. The maximum absolute atomic E-state index is 12.1. The largest absolute Gasteiger partial charge is 0.311 e. The summed E-state index contributed by atoms with van der Waals surface area (Å²) in [6.45, 7) is 8.00. The van der Waals surface area contributed by atoms with Gasteiger partial charge >= 0.3 is 0 Å². The molecular formula is C21H23N7O. The van der Waals surface area contributed by atoms with Gasteiger partial charge in [0, 0.05) is 12.5 Å². The van der Waals surface area contributed by atoms with Gasteiger partial charge in [-0.05, 0) is 50.5 Å². The molecule has 0 fully saturated rings. The summed E-state index contributed by atoms with van der Waals surface area (Å²) < 4.78 is 3.43. The second kappa shape index (κ2) is 7.46. The summed E-state index contributed by atoms with van der Waals surface area (Å²) in [6, 6.07) is 8.00. The van der Waals surface area contributed by atoms with E-state index in [2.05, 4.69) is 51.5 Å². The molecule has 148 valence electrons. The molecule has 0 spiro atoms. The van der Waals surface area contributed by atoms with Crippen LogP contribution in [0.25, 0.3) is 22.5 Å². The normalized spacial score (nSPS) is 11.2. The lowest BCUT2D eigenvalue weighted by molar-refractivity contribution is -0.116. The molecule has 0 bridgehead atoms. The van der Waals surface area contributed by atoms with Crippen LogP contribution in [0.3, 0.4) is 0 Å². The summed E-state index contributed by atoms with van der Waals surface area (Å²) >= 11 is 0. The number of hydrogen-bond acceptors (Lipinski definition) is 5. The molecule has 0 unspecified atom stereocenters. The zero-order chi connectivity index (χ0) is 20.5. The van der Waals surface area contributed by atoms with Crippen LogP contribution in [0.15, 0.2) is 36.8 Å². The number of hydrogen-bond donors (Lipinski definition) is 1. The van der Waals surface area contributed by atoms with Crippen LogP contribution in [0.5, 0.6) is 0 Å². The fourth-order valence-corrected chi connectivity index (χ4v) is 3.23. The van der Waals surface area contributed by atoms with Crippen molar-refractivity contribution in [3.05, 3.63) is 53.6 Å². The fraction of sp³-hybridized carbons (Fsp3) is 0.286. The zero-order valence-electron chi connectivity index (χ0n) is 17.0. The van der Waals surface area contributed by atoms with Crippen LogP contribution < -0.4 is 5.32 Å². The lowest BCUT2D eigenvalue weighted by atomic mass is 10.1. The number of anilines is 1. The van der Waals surface area contributed by atoms with E-state index < -0.39 is 0 Å². The Morgan fingerprint density at radius 2 is 1.90 bits per heavy atom. The number of carbonyl (C=O) groups is 1. The van der Waals surface area contributed by atoms with Gasteiger partial charge in [-0.15, -0.1) is 0 Å². The fourth-order valence-electron chi connectivity index (χ4n) is 3.23. The Labute approximate surface area is 168 Å². The van der Waals surface area contributed by atoms with E-state index in [1.54, 1.807) is 15.6 Å². The van der Waals surface area contributed by atoms with Gasteiger partial charge in [0.1, 0.15) is 12.1 Å². The molecule has 0 aliphatic carbocycles. The van der Waals surface area contributed by atoms with Crippen molar-refractivity contribution >= 4 is 22.8 Å². The van der Waals surface area contributed by atoms with Gasteiger partial charge in [-0.2, -0.15) is 14.9 Å². The van der Waals surface area contributed by atoms with Crippen molar-refractivity contribution in [1.82, 2.24) is 29.5 Å². The molecule has 0 aliphatic heterocycles. The summed E-state index contributed by atoms with van der Waals surface area (Å²) in [5.74, 6) is 1.11. The summed E-state index contributed by atoms with van der Waals surface area (Å²) in [6.07, 6.45) is 4.45. The molecule has 4 rings (SSSR count). The minimum Gasteiger partial charge on any atom is -0.311 e. The average molecular weight is 389 g/mol. The molecule has 8 heteroatoms. The number of benzene rings is 1. The molecule has 0 radical (unpaired) electrons. The molecule has 4 aromatic rings. The van der Waals surface area contributed by atoms with Gasteiger partial charge < -0.3 is 5.32 Å². The Balaban J connectivity index is 1.82. The molecule has 0 atom stereocenters. The number of nitrogens with zero attached hydrogens (tertiary/aromatic N) is 6. The van der Waals surface area contributed by atoms with Crippen LogP contribution >= 0.6 is 0 Å². The van der Waals surface area contributed by atoms with Crippen molar-refractivity contribution in [2.45, 2.75) is 40.5 Å². The van der Waals surface area contributed by atoms with Gasteiger partial charge in [0.2, 0.25) is 5.91 Å². The number of nitrogens with one attached hydrogen (secondary N) is 1. The van der Waals surface area contributed by atoms with Gasteiger partial charge in [-0.25, -0.2) is 14.6 Å². The van der Waals surface area contributed by atoms with E-state index in [0.29, 0.717) is 23.7 Å². The second-order valence-electron chi connectivity index (χ2n) is 7.14. The van der Waals surface area contributed by atoms with Crippen LogP contribution in [0, 0.1) is 20.8 Å². The maximum Gasteiger partial charge on any atom is 0.225 e. The van der Waals surface area contributed by atoms with E-state index in [4.69, 9.17) is 0 Å². The molecule has 3 aromatic heterocycles. The first-order valence-corrected chi connectivity index (χ1v) is 9.61. The molecule has 29 heavy (non-hydrogen) atoms. The lowest BCUT2D eigenvalue weighted by Gasteiger charge is -2.09. The minimum atomic E-state index is -0.0511. The van der Waals surface area contributed by atoms with E-state index in [9.17, 15) is 4.79 Å². The third-order valence-electron chi connectivity index (χ3n) is 4.86. The van der Waals surface area contributed by atoms with Crippen LogP contribution in [-0.4, -0.2) is 35.4 Å². The second-order valence-corrected chi connectivity index (χ2v) is 7.14. The van der Waals surface area contributed by atoms with E-state index in [1.165, 1.54) is 17.5 Å². The number of aryl methyl sites for hydroxylation is 3. The topological polar surface area (TPSA) is 90.5 Å². The minimum absolute atomic E-state index is 0.0511. The highest BCUT2D eigenvalue weighted by molar-refractivity contribution is 5.91. The van der Waals surface area contributed by atoms with Crippen molar-refractivity contribution in [2.24, 2.45) is 0 Å². The molecular weight excluding hydrogens is 366 g/mol.